The van der Waals surface area contributed by atoms with Crippen LogP contribution in [0.4, 0.5) is 5.69 Å². The van der Waals surface area contributed by atoms with Crippen molar-refractivity contribution in [1.29, 1.82) is 0 Å². The fourth-order valence-electron chi connectivity index (χ4n) is 4.26. The van der Waals surface area contributed by atoms with Crippen molar-refractivity contribution in [3.05, 3.63) is 36.3 Å². The van der Waals surface area contributed by atoms with E-state index < -0.39 is 14.0 Å². The van der Waals surface area contributed by atoms with Crippen molar-refractivity contribution >= 4 is 25.4 Å². The molecular weight excluding hydrogens is 518 g/mol. The number of carbonyl (C=O) groups is 1. The normalized spacial score (nSPS) is 14.2. The number of fused-ring (bicyclic) bond motifs is 1. The highest BCUT2D eigenvalue weighted by Crippen LogP contribution is 2.30. The molecule has 4 aromatic rings. The largest absolute Gasteiger partial charge is 0.461 e. The zero-order chi connectivity index (χ0) is 27.4. The maximum Gasteiger partial charge on any atom is 0.359 e. The van der Waals surface area contributed by atoms with Gasteiger partial charge in [-0.1, -0.05) is 19.6 Å². The van der Waals surface area contributed by atoms with Crippen molar-refractivity contribution in [2.45, 2.75) is 39.3 Å². The molecule has 0 unspecified atom stereocenters. The van der Waals surface area contributed by atoms with Crippen LogP contribution in [-0.4, -0.2) is 93.3 Å². The van der Waals surface area contributed by atoms with Gasteiger partial charge in [0.2, 0.25) is 5.82 Å². The van der Waals surface area contributed by atoms with E-state index in [0.29, 0.717) is 48.2 Å². The number of morpholine rings is 1. The van der Waals surface area contributed by atoms with Crippen LogP contribution in [0.3, 0.4) is 0 Å². The lowest BCUT2D eigenvalue weighted by atomic mass is 10.1. The lowest BCUT2D eigenvalue weighted by Gasteiger charge is -2.28. The molecule has 206 valence electrons. The minimum absolute atomic E-state index is 0.181. The molecule has 0 spiro atoms. The Bertz CT molecular complexity index is 1430. The minimum Gasteiger partial charge on any atom is -0.461 e. The van der Waals surface area contributed by atoms with Crippen LogP contribution in [-0.2, 0) is 20.9 Å². The number of nitrogens with zero attached hydrogens (tertiary/aromatic N) is 9. The van der Waals surface area contributed by atoms with Crippen molar-refractivity contribution in [3.8, 4) is 22.8 Å². The second kappa shape index (κ2) is 11.6. The topological polar surface area (TPSA) is 135 Å². The van der Waals surface area contributed by atoms with Crippen molar-refractivity contribution in [2.24, 2.45) is 0 Å². The smallest absolute Gasteiger partial charge is 0.359 e. The highest BCUT2D eigenvalue weighted by Gasteiger charge is 2.26. The molecular formula is C25H33N9O4Si. The van der Waals surface area contributed by atoms with Gasteiger partial charge in [-0.05, 0) is 41.6 Å². The Hall–Kier alpha value is -3.75. The summed E-state index contributed by atoms with van der Waals surface area (Å²) in [6.45, 7) is 12.5. The SMILES string of the molecule is CCOC(=O)c1nc2c(N3CCOCC3)ccnn2c1-c1ccc(-c2nnnn2COCC[Si](C)(C)C)nc1. The number of tetrazole rings is 1. The van der Waals surface area contributed by atoms with Gasteiger partial charge >= 0.3 is 5.97 Å². The molecule has 13 nitrogen and oxygen atoms in total. The molecule has 0 aliphatic carbocycles. The summed E-state index contributed by atoms with van der Waals surface area (Å²) in [4.78, 5) is 24.4. The maximum absolute atomic E-state index is 13.0. The van der Waals surface area contributed by atoms with Gasteiger partial charge in [0.25, 0.3) is 0 Å². The van der Waals surface area contributed by atoms with Gasteiger partial charge < -0.3 is 19.1 Å². The predicted octanol–water partition coefficient (Wildman–Crippen LogP) is 2.77. The zero-order valence-electron chi connectivity index (χ0n) is 22.7. The minimum atomic E-state index is -1.19. The molecule has 1 aliphatic heterocycles. The summed E-state index contributed by atoms with van der Waals surface area (Å²) in [5, 5.41) is 16.5. The van der Waals surface area contributed by atoms with E-state index in [4.69, 9.17) is 19.2 Å². The number of carbonyl (C=O) groups excluding carboxylic acids is 1. The quantitative estimate of drug-likeness (QED) is 0.164. The van der Waals surface area contributed by atoms with Gasteiger partial charge in [-0.15, -0.1) is 5.10 Å². The van der Waals surface area contributed by atoms with Gasteiger partial charge in [0.15, 0.2) is 11.3 Å². The summed E-state index contributed by atoms with van der Waals surface area (Å²) in [7, 11) is -1.19. The molecule has 0 saturated carbocycles. The van der Waals surface area contributed by atoms with Crippen LogP contribution < -0.4 is 4.90 Å². The van der Waals surface area contributed by atoms with E-state index in [2.05, 4.69) is 50.1 Å². The zero-order valence-corrected chi connectivity index (χ0v) is 23.7. The first-order valence-electron chi connectivity index (χ1n) is 13.0. The van der Waals surface area contributed by atoms with E-state index in [0.717, 1.165) is 24.8 Å². The average Bonchev–Trinajstić information content (AvgIpc) is 3.56. The first kappa shape index (κ1) is 26.8. The molecule has 4 aromatic heterocycles. The number of pyridine rings is 1. The van der Waals surface area contributed by atoms with Crippen LogP contribution in [0.1, 0.15) is 17.4 Å². The van der Waals surface area contributed by atoms with E-state index in [-0.39, 0.29) is 19.0 Å². The Morgan fingerprint density at radius 1 is 1.15 bits per heavy atom. The van der Waals surface area contributed by atoms with E-state index in [1.807, 2.05) is 12.1 Å². The Morgan fingerprint density at radius 3 is 2.69 bits per heavy atom. The van der Waals surface area contributed by atoms with Gasteiger partial charge in [0.05, 0.1) is 31.7 Å². The van der Waals surface area contributed by atoms with Gasteiger partial charge in [-0.25, -0.2) is 14.3 Å². The molecule has 0 amide bonds. The van der Waals surface area contributed by atoms with Crippen molar-refractivity contribution in [3.63, 3.8) is 0 Å². The second-order valence-electron chi connectivity index (χ2n) is 10.4. The summed E-state index contributed by atoms with van der Waals surface area (Å²) in [6.07, 6.45) is 3.37. The summed E-state index contributed by atoms with van der Waals surface area (Å²) >= 11 is 0. The van der Waals surface area contributed by atoms with E-state index in [9.17, 15) is 4.79 Å². The van der Waals surface area contributed by atoms with Crippen LogP contribution >= 0.6 is 0 Å². The van der Waals surface area contributed by atoms with Crippen molar-refractivity contribution in [2.75, 3.05) is 44.4 Å². The highest BCUT2D eigenvalue weighted by molar-refractivity contribution is 6.76. The molecule has 14 heteroatoms. The highest BCUT2D eigenvalue weighted by atomic mass is 28.3. The number of ether oxygens (including phenoxy) is 3. The number of imidazole rings is 1. The number of esters is 1. The molecule has 1 aliphatic rings. The summed E-state index contributed by atoms with van der Waals surface area (Å²) in [5.41, 5.74) is 3.37. The Kier molecular flexibility index (Phi) is 7.95. The maximum atomic E-state index is 13.0. The fraction of sp³-hybridized carbons (Fsp3) is 0.480. The number of hydrogen-bond donors (Lipinski definition) is 0. The lowest BCUT2D eigenvalue weighted by Crippen LogP contribution is -2.36. The average molecular weight is 552 g/mol. The molecule has 39 heavy (non-hydrogen) atoms. The number of rotatable bonds is 10. The standard InChI is InChI=1S/C25H33N9O4Si/c1-5-38-25(35)21-22(34-24(28-21)20(8-9-27-34)32-10-12-36-13-11-32)18-6-7-19(26-16-18)23-29-30-31-33(23)17-37-14-15-39(2,3)4/h6-9,16H,5,10-15,17H2,1-4H3. The van der Waals surface area contributed by atoms with E-state index in [1.54, 1.807) is 34.6 Å². The third-order valence-corrected chi connectivity index (χ3v) is 8.03. The monoisotopic (exact) mass is 551 g/mol. The number of aromatic nitrogens is 8. The van der Waals surface area contributed by atoms with Crippen molar-refractivity contribution in [1.82, 2.24) is 39.8 Å². The van der Waals surface area contributed by atoms with E-state index in [1.165, 1.54) is 0 Å². The van der Waals surface area contributed by atoms with Crippen LogP contribution in [0.25, 0.3) is 28.4 Å². The van der Waals surface area contributed by atoms with Crippen molar-refractivity contribution < 1.29 is 19.0 Å². The fourth-order valence-corrected chi connectivity index (χ4v) is 5.01. The van der Waals surface area contributed by atoms with Crippen LogP contribution in [0.2, 0.25) is 25.7 Å². The summed E-state index contributed by atoms with van der Waals surface area (Å²) in [6, 6.07) is 6.61. The third-order valence-electron chi connectivity index (χ3n) is 6.33. The first-order valence-corrected chi connectivity index (χ1v) is 16.7. The lowest BCUT2D eigenvalue weighted by molar-refractivity contribution is 0.0521. The Labute approximate surface area is 227 Å². The molecule has 5 heterocycles. The third kappa shape index (κ3) is 5.97. The predicted molar refractivity (Wildman–Crippen MR) is 146 cm³/mol. The Morgan fingerprint density at radius 2 is 1.97 bits per heavy atom. The molecule has 0 N–H and O–H groups in total. The van der Waals surface area contributed by atoms with Gasteiger partial charge in [-0.2, -0.15) is 9.78 Å². The van der Waals surface area contributed by atoms with Crippen LogP contribution in [0.5, 0.6) is 0 Å². The summed E-state index contributed by atoms with van der Waals surface area (Å²) < 4.78 is 19.9. The van der Waals surface area contributed by atoms with Gasteiger partial charge in [-0.3, -0.25) is 4.98 Å². The second-order valence-corrected chi connectivity index (χ2v) is 16.0. The van der Waals surface area contributed by atoms with E-state index >= 15 is 0 Å². The number of hydrogen-bond acceptors (Lipinski definition) is 11. The molecule has 0 aromatic carbocycles. The van der Waals surface area contributed by atoms with Gasteiger partial charge in [0.1, 0.15) is 18.1 Å². The molecule has 0 bridgehead atoms. The molecule has 0 radical (unpaired) electrons. The molecule has 1 saturated heterocycles. The molecule has 1 fully saturated rings. The Balaban J connectivity index is 1.46. The van der Waals surface area contributed by atoms with Crippen LogP contribution in [0.15, 0.2) is 30.6 Å². The molecule has 5 rings (SSSR count). The summed E-state index contributed by atoms with van der Waals surface area (Å²) in [5.74, 6) is -0.0274. The van der Waals surface area contributed by atoms with Crippen LogP contribution in [0, 0.1) is 0 Å². The first-order chi connectivity index (χ1) is 18.9. The van der Waals surface area contributed by atoms with Gasteiger partial charge in [0, 0.05) is 39.5 Å². The number of anilines is 1. The molecule has 0 atom stereocenters.